The fourth-order valence-electron chi connectivity index (χ4n) is 2.13. The Hall–Kier alpha value is -0.870. The van der Waals surface area contributed by atoms with E-state index in [0.717, 1.165) is 25.8 Å². The summed E-state index contributed by atoms with van der Waals surface area (Å²) in [6.07, 6.45) is 3.10. The normalized spacial score (nSPS) is 22.2. The van der Waals surface area contributed by atoms with Crippen molar-refractivity contribution in [2.75, 3.05) is 6.54 Å². The third-order valence-corrected chi connectivity index (χ3v) is 4.61. The second-order valence-electron chi connectivity index (χ2n) is 4.53. The smallest absolute Gasteiger partial charge is 0.237 e. The van der Waals surface area contributed by atoms with E-state index in [-0.39, 0.29) is 18.0 Å². The zero-order chi connectivity index (χ0) is 12.3. The molecule has 1 aliphatic heterocycles. The molecule has 2 heterocycles. The Morgan fingerprint density at radius 2 is 2.41 bits per heavy atom. The number of amides is 1. The van der Waals surface area contributed by atoms with Crippen LogP contribution < -0.4 is 10.6 Å². The molecule has 1 fully saturated rings. The Morgan fingerprint density at radius 1 is 1.59 bits per heavy atom. The number of thiophene rings is 1. The molecule has 2 N–H and O–H groups in total. The van der Waals surface area contributed by atoms with Crippen molar-refractivity contribution < 1.29 is 4.79 Å². The number of rotatable bonds is 4. The van der Waals surface area contributed by atoms with Crippen LogP contribution in [0.1, 0.15) is 42.5 Å². The van der Waals surface area contributed by atoms with E-state index < -0.39 is 0 Å². The Kier molecular flexibility index (Phi) is 4.18. The van der Waals surface area contributed by atoms with Gasteiger partial charge in [0.2, 0.25) is 5.91 Å². The maximum atomic E-state index is 11.7. The lowest BCUT2D eigenvalue weighted by Crippen LogP contribution is -2.48. The molecule has 1 aliphatic rings. The van der Waals surface area contributed by atoms with Crippen LogP contribution in [0.3, 0.4) is 0 Å². The quantitative estimate of drug-likeness (QED) is 0.863. The second kappa shape index (κ2) is 5.65. The summed E-state index contributed by atoms with van der Waals surface area (Å²) in [7, 11) is 0. The van der Waals surface area contributed by atoms with E-state index in [4.69, 9.17) is 0 Å². The molecule has 0 aliphatic carbocycles. The van der Waals surface area contributed by atoms with Gasteiger partial charge in [0, 0.05) is 22.3 Å². The molecule has 0 aromatic carbocycles. The molecular weight excluding hydrogens is 232 g/mol. The van der Waals surface area contributed by atoms with Crippen LogP contribution in [-0.4, -0.2) is 18.5 Å². The van der Waals surface area contributed by atoms with Crippen LogP contribution in [-0.2, 0) is 11.2 Å². The minimum Gasteiger partial charge on any atom is -0.355 e. The number of aryl methyl sites for hydroxylation is 1. The van der Waals surface area contributed by atoms with Gasteiger partial charge >= 0.3 is 0 Å². The summed E-state index contributed by atoms with van der Waals surface area (Å²) >= 11 is 1.84. The zero-order valence-electron chi connectivity index (χ0n) is 10.5. The Bertz CT molecular complexity index is 389. The fraction of sp³-hybridized carbons (Fsp3) is 0.615. The van der Waals surface area contributed by atoms with Gasteiger partial charge in [-0.25, -0.2) is 0 Å². The predicted molar refractivity (Wildman–Crippen MR) is 71.3 cm³/mol. The molecule has 17 heavy (non-hydrogen) atoms. The molecular formula is C13H20N2OS. The molecule has 2 unspecified atom stereocenters. The number of piperidine rings is 1. The van der Waals surface area contributed by atoms with Crippen LogP contribution in [0.4, 0.5) is 0 Å². The van der Waals surface area contributed by atoms with Gasteiger partial charge in [-0.15, -0.1) is 11.3 Å². The van der Waals surface area contributed by atoms with E-state index in [0.29, 0.717) is 0 Å². The van der Waals surface area contributed by atoms with Crippen LogP contribution >= 0.6 is 11.3 Å². The molecule has 1 aromatic heterocycles. The van der Waals surface area contributed by atoms with Crippen LogP contribution in [0.5, 0.6) is 0 Å². The van der Waals surface area contributed by atoms with Gasteiger partial charge in [-0.2, -0.15) is 0 Å². The highest BCUT2D eigenvalue weighted by atomic mass is 32.1. The first-order valence-corrected chi connectivity index (χ1v) is 7.14. The lowest BCUT2D eigenvalue weighted by atomic mass is 10.1. The van der Waals surface area contributed by atoms with Gasteiger partial charge in [0.05, 0.1) is 6.04 Å². The summed E-state index contributed by atoms with van der Waals surface area (Å²) < 4.78 is 0. The predicted octanol–water partition coefficient (Wildman–Crippen LogP) is 2.24. The summed E-state index contributed by atoms with van der Waals surface area (Å²) in [5.41, 5.74) is 0. The van der Waals surface area contributed by atoms with Crippen LogP contribution in [0.25, 0.3) is 0 Å². The van der Waals surface area contributed by atoms with Gasteiger partial charge in [-0.3, -0.25) is 10.1 Å². The van der Waals surface area contributed by atoms with Crippen molar-refractivity contribution in [3.8, 4) is 0 Å². The highest BCUT2D eigenvalue weighted by molar-refractivity contribution is 7.12. The van der Waals surface area contributed by atoms with Gasteiger partial charge < -0.3 is 5.32 Å². The maximum absolute atomic E-state index is 11.7. The molecule has 2 rings (SSSR count). The van der Waals surface area contributed by atoms with Crippen molar-refractivity contribution in [3.05, 3.63) is 21.9 Å². The van der Waals surface area contributed by atoms with Gasteiger partial charge in [0.15, 0.2) is 0 Å². The first kappa shape index (κ1) is 12.6. The third-order valence-electron chi connectivity index (χ3n) is 3.19. The molecule has 2 atom stereocenters. The van der Waals surface area contributed by atoms with E-state index in [1.807, 2.05) is 11.3 Å². The average molecular weight is 252 g/mol. The summed E-state index contributed by atoms with van der Waals surface area (Å²) in [4.78, 5) is 14.4. The molecule has 0 saturated carbocycles. The number of hydrogen-bond acceptors (Lipinski definition) is 3. The molecule has 1 aromatic rings. The van der Waals surface area contributed by atoms with Crippen molar-refractivity contribution in [1.29, 1.82) is 0 Å². The summed E-state index contributed by atoms with van der Waals surface area (Å²) in [5, 5.41) is 6.33. The molecule has 4 heteroatoms. The molecule has 1 amide bonds. The monoisotopic (exact) mass is 252 g/mol. The summed E-state index contributed by atoms with van der Waals surface area (Å²) in [6.45, 7) is 5.12. The SMILES string of the molecule is CCc1ccc(C(C)NC2CCCNC2=O)s1. The fourth-order valence-corrected chi connectivity index (χ4v) is 3.10. The number of hydrogen-bond donors (Lipinski definition) is 2. The summed E-state index contributed by atoms with van der Waals surface area (Å²) in [6, 6.07) is 4.58. The van der Waals surface area contributed by atoms with Crippen molar-refractivity contribution in [3.63, 3.8) is 0 Å². The third kappa shape index (κ3) is 3.07. The van der Waals surface area contributed by atoms with Crippen molar-refractivity contribution in [1.82, 2.24) is 10.6 Å². The van der Waals surface area contributed by atoms with Gasteiger partial charge in [0.1, 0.15) is 0 Å². The van der Waals surface area contributed by atoms with Gasteiger partial charge in [-0.1, -0.05) is 6.92 Å². The molecule has 0 bridgehead atoms. The lowest BCUT2D eigenvalue weighted by molar-refractivity contribution is -0.124. The van der Waals surface area contributed by atoms with Crippen LogP contribution in [0.15, 0.2) is 12.1 Å². The number of nitrogens with one attached hydrogen (secondary N) is 2. The average Bonchev–Trinajstić information content (AvgIpc) is 2.81. The Labute approximate surface area is 107 Å². The standard InChI is InChI=1S/C13H20N2OS/c1-3-10-6-7-12(17-10)9(2)15-11-5-4-8-14-13(11)16/h6-7,9,11,15H,3-5,8H2,1-2H3,(H,14,16). The molecule has 1 saturated heterocycles. The van der Waals surface area contributed by atoms with Gasteiger partial charge in [-0.05, 0) is 38.3 Å². The van der Waals surface area contributed by atoms with Crippen LogP contribution in [0, 0.1) is 0 Å². The topological polar surface area (TPSA) is 41.1 Å². The Morgan fingerprint density at radius 3 is 3.06 bits per heavy atom. The number of carbonyl (C=O) groups is 1. The van der Waals surface area contributed by atoms with Crippen LogP contribution in [0.2, 0.25) is 0 Å². The number of carbonyl (C=O) groups excluding carboxylic acids is 1. The Balaban J connectivity index is 1.95. The summed E-state index contributed by atoms with van der Waals surface area (Å²) in [5.74, 6) is 0.148. The highest BCUT2D eigenvalue weighted by Crippen LogP contribution is 2.24. The van der Waals surface area contributed by atoms with Crippen molar-refractivity contribution >= 4 is 17.2 Å². The molecule has 3 nitrogen and oxygen atoms in total. The first-order valence-electron chi connectivity index (χ1n) is 6.33. The van der Waals surface area contributed by atoms with E-state index in [9.17, 15) is 4.79 Å². The van der Waals surface area contributed by atoms with Crippen molar-refractivity contribution in [2.45, 2.75) is 45.2 Å². The second-order valence-corrected chi connectivity index (χ2v) is 5.73. The minimum atomic E-state index is -0.0223. The largest absolute Gasteiger partial charge is 0.355 e. The van der Waals surface area contributed by atoms with E-state index >= 15 is 0 Å². The highest BCUT2D eigenvalue weighted by Gasteiger charge is 2.23. The van der Waals surface area contributed by atoms with E-state index in [1.165, 1.54) is 9.75 Å². The lowest BCUT2D eigenvalue weighted by Gasteiger charge is -2.25. The first-order chi connectivity index (χ1) is 8.20. The zero-order valence-corrected chi connectivity index (χ0v) is 11.3. The van der Waals surface area contributed by atoms with Gasteiger partial charge in [0.25, 0.3) is 0 Å². The van der Waals surface area contributed by atoms with Crippen molar-refractivity contribution in [2.24, 2.45) is 0 Å². The molecule has 94 valence electrons. The van der Waals surface area contributed by atoms with E-state index in [2.05, 4.69) is 36.6 Å². The maximum Gasteiger partial charge on any atom is 0.237 e. The minimum absolute atomic E-state index is 0.0223. The van der Waals surface area contributed by atoms with E-state index in [1.54, 1.807) is 0 Å². The molecule has 0 spiro atoms. The molecule has 0 radical (unpaired) electrons.